The summed E-state index contributed by atoms with van der Waals surface area (Å²) >= 11 is 0. The Labute approximate surface area is 101 Å². The molecule has 0 radical (unpaired) electrons. The molecule has 17 heavy (non-hydrogen) atoms. The lowest BCUT2D eigenvalue weighted by Crippen LogP contribution is -2.15. The first-order chi connectivity index (χ1) is 8.13. The molecule has 0 aromatic heterocycles. The molecule has 0 fully saturated rings. The number of carboxylic acid groups (broad SMARTS) is 1. The number of aliphatic carboxylic acids is 1. The van der Waals surface area contributed by atoms with Gasteiger partial charge in [-0.2, -0.15) is 0 Å². The molecule has 0 aliphatic carbocycles. The molecule has 0 spiro atoms. The second kappa shape index (κ2) is 6.13. The van der Waals surface area contributed by atoms with Gasteiger partial charge >= 0.3 is 5.97 Å². The van der Waals surface area contributed by atoms with Crippen LogP contribution in [0.3, 0.4) is 0 Å². The van der Waals surface area contributed by atoms with Gasteiger partial charge in [0, 0.05) is 0 Å². The van der Waals surface area contributed by atoms with Crippen LogP contribution >= 0.6 is 0 Å². The normalized spacial score (nSPS) is 11.9. The smallest absolute Gasteiger partial charge is 0.306 e. The van der Waals surface area contributed by atoms with E-state index in [1.165, 1.54) is 0 Å². The van der Waals surface area contributed by atoms with E-state index in [0.29, 0.717) is 24.3 Å². The highest BCUT2D eigenvalue weighted by Gasteiger charge is 2.19. The molecule has 0 saturated carbocycles. The van der Waals surface area contributed by atoms with Crippen LogP contribution < -0.4 is 9.47 Å². The lowest BCUT2D eigenvalue weighted by molar-refractivity contribution is -0.141. The molecule has 1 atom stereocenters. The Morgan fingerprint density at radius 3 is 2.53 bits per heavy atom. The molecule has 0 amide bonds. The standard InChI is InChI=1S/C13H18O4/c1-4-9(13(14)15)8-10-6-5-7-11(16-2)12(10)17-3/h5-7,9H,4,8H2,1-3H3,(H,14,15)/t9-/m0/s1. The van der Waals surface area contributed by atoms with Gasteiger partial charge in [-0.05, 0) is 24.5 Å². The van der Waals surface area contributed by atoms with E-state index in [2.05, 4.69) is 0 Å². The van der Waals surface area contributed by atoms with Gasteiger partial charge < -0.3 is 14.6 Å². The van der Waals surface area contributed by atoms with Gasteiger partial charge in [-0.3, -0.25) is 4.79 Å². The number of hydrogen-bond donors (Lipinski definition) is 1. The van der Waals surface area contributed by atoms with Gasteiger partial charge in [-0.25, -0.2) is 0 Å². The minimum Gasteiger partial charge on any atom is -0.493 e. The molecular weight excluding hydrogens is 220 g/mol. The summed E-state index contributed by atoms with van der Waals surface area (Å²) < 4.78 is 10.5. The van der Waals surface area contributed by atoms with Crippen LogP contribution in [0.25, 0.3) is 0 Å². The lowest BCUT2D eigenvalue weighted by Gasteiger charge is -2.15. The van der Waals surface area contributed by atoms with Gasteiger partial charge in [0.1, 0.15) is 0 Å². The zero-order valence-corrected chi connectivity index (χ0v) is 10.4. The Hall–Kier alpha value is -1.71. The van der Waals surface area contributed by atoms with E-state index < -0.39 is 11.9 Å². The second-order valence-electron chi connectivity index (χ2n) is 3.80. The van der Waals surface area contributed by atoms with Crippen LogP contribution in [0.5, 0.6) is 11.5 Å². The van der Waals surface area contributed by atoms with E-state index in [9.17, 15) is 4.79 Å². The summed E-state index contributed by atoms with van der Waals surface area (Å²) in [7, 11) is 3.12. The van der Waals surface area contributed by atoms with E-state index >= 15 is 0 Å². The van der Waals surface area contributed by atoms with Crippen molar-refractivity contribution in [2.75, 3.05) is 14.2 Å². The van der Waals surface area contributed by atoms with Crippen LogP contribution in [0.4, 0.5) is 0 Å². The zero-order chi connectivity index (χ0) is 12.8. The first kappa shape index (κ1) is 13.4. The number of ether oxygens (including phenoxy) is 2. The molecule has 1 rings (SSSR count). The van der Waals surface area contributed by atoms with E-state index in [1.807, 2.05) is 19.1 Å². The van der Waals surface area contributed by atoms with Crippen molar-refractivity contribution in [1.82, 2.24) is 0 Å². The number of rotatable bonds is 6. The lowest BCUT2D eigenvalue weighted by atomic mass is 9.96. The highest BCUT2D eigenvalue weighted by molar-refractivity contribution is 5.70. The third kappa shape index (κ3) is 3.12. The second-order valence-corrected chi connectivity index (χ2v) is 3.80. The summed E-state index contributed by atoms with van der Waals surface area (Å²) in [5.41, 5.74) is 0.862. The van der Waals surface area contributed by atoms with Gasteiger partial charge in [0.05, 0.1) is 20.1 Å². The van der Waals surface area contributed by atoms with Crippen LogP contribution in [-0.2, 0) is 11.2 Å². The average molecular weight is 238 g/mol. The highest BCUT2D eigenvalue weighted by atomic mass is 16.5. The van der Waals surface area contributed by atoms with E-state index in [0.717, 1.165) is 5.56 Å². The maximum Gasteiger partial charge on any atom is 0.306 e. The van der Waals surface area contributed by atoms with Crippen molar-refractivity contribution in [3.05, 3.63) is 23.8 Å². The first-order valence-electron chi connectivity index (χ1n) is 5.56. The molecule has 0 aliphatic heterocycles. The Morgan fingerprint density at radius 2 is 2.06 bits per heavy atom. The molecule has 0 saturated heterocycles. The third-order valence-electron chi connectivity index (χ3n) is 2.79. The molecule has 94 valence electrons. The summed E-state index contributed by atoms with van der Waals surface area (Å²) in [6, 6.07) is 5.50. The molecule has 0 aliphatic rings. The van der Waals surface area contributed by atoms with Crippen molar-refractivity contribution in [3.8, 4) is 11.5 Å². The number of hydrogen-bond acceptors (Lipinski definition) is 3. The molecule has 1 N–H and O–H groups in total. The first-order valence-corrected chi connectivity index (χ1v) is 5.56. The van der Waals surface area contributed by atoms with E-state index in [4.69, 9.17) is 14.6 Å². The summed E-state index contributed by atoms with van der Waals surface area (Å²) in [4.78, 5) is 11.0. The third-order valence-corrected chi connectivity index (χ3v) is 2.79. The molecular formula is C13H18O4. The maximum atomic E-state index is 11.0. The van der Waals surface area contributed by atoms with Crippen LogP contribution in [0.15, 0.2) is 18.2 Å². The topological polar surface area (TPSA) is 55.8 Å². The fourth-order valence-electron chi connectivity index (χ4n) is 1.79. The number of carbonyl (C=O) groups is 1. The van der Waals surface area contributed by atoms with Gasteiger partial charge in [0.15, 0.2) is 11.5 Å². The molecule has 4 nitrogen and oxygen atoms in total. The Balaban J connectivity index is 3.01. The van der Waals surface area contributed by atoms with Gasteiger partial charge in [-0.15, -0.1) is 0 Å². The number of carboxylic acids is 1. The molecule has 0 unspecified atom stereocenters. The Kier molecular flexibility index (Phi) is 4.82. The minimum absolute atomic E-state index is 0.393. The fraction of sp³-hybridized carbons (Fsp3) is 0.462. The number of benzene rings is 1. The highest BCUT2D eigenvalue weighted by Crippen LogP contribution is 2.32. The fourth-order valence-corrected chi connectivity index (χ4v) is 1.79. The molecule has 1 aromatic carbocycles. The minimum atomic E-state index is -0.780. The summed E-state index contributed by atoms with van der Waals surface area (Å²) in [5, 5.41) is 9.05. The summed E-state index contributed by atoms with van der Waals surface area (Å²) in [6.45, 7) is 1.87. The van der Waals surface area contributed by atoms with Crippen LogP contribution in [0.1, 0.15) is 18.9 Å². The zero-order valence-electron chi connectivity index (χ0n) is 10.4. The van der Waals surface area contributed by atoms with Crippen molar-refractivity contribution in [2.24, 2.45) is 5.92 Å². The van der Waals surface area contributed by atoms with Crippen LogP contribution in [0, 0.1) is 5.92 Å². The van der Waals surface area contributed by atoms with Crippen LogP contribution in [0.2, 0.25) is 0 Å². The predicted octanol–water partition coefficient (Wildman–Crippen LogP) is 2.36. The Bertz CT molecular complexity index is 387. The SMILES string of the molecule is CC[C@@H](Cc1cccc(OC)c1OC)C(=O)O. The van der Waals surface area contributed by atoms with Crippen molar-refractivity contribution >= 4 is 5.97 Å². The number of methoxy groups -OCH3 is 2. The number of para-hydroxylation sites is 1. The molecule has 1 aromatic rings. The largest absolute Gasteiger partial charge is 0.493 e. The van der Waals surface area contributed by atoms with E-state index in [1.54, 1.807) is 20.3 Å². The van der Waals surface area contributed by atoms with Gasteiger partial charge in [-0.1, -0.05) is 19.1 Å². The van der Waals surface area contributed by atoms with Gasteiger partial charge in [0.25, 0.3) is 0 Å². The molecule has 0 bridgehead atoms. The maximum absolute atomic E-state index is 11.0. The van der Waals surface area contributed by atoms with Crippen molar-refractivity contribution < 1.29 is 19.4 Å². The monoisotopic (exact) mass is 238 g/mol. The quantitative estimate of drug-likeness (QED) is 0.826. The molecule has 4 heteroatoms. The van der Waals surface area contributed by atoms with Crippen LogP contribution in [-0.4, -0.2) is 25.3 Å². The van der Waals surface area contributed by atoms with Gasteiger partial charge in [0.2, 0.25) is 0 Å². The van der Waals surface area contributed by atoms with E-state index in [-0.39, 0.29) is 0 Å². The van der Waals surface area contributed by atoms with Crippen molar-refractivity contribution in [2.45, 2.75) is 19.8 Å². The van der Waals surface area contributed by atoms with Crippen molar-refractivity contribution in [1.29, 1.82) is 0 Å². The average Bonchev–Trinajstić information content (AvgIpc) is 2.34. The summed E-state index contributed by atoms with van der Waals surface area (Å²) in [6.07, 6.45) is 1.04. The summed E-state index contributed by atoms with van der Waals surface area (Å²) in [5.74, 6) is 0.0771. The Morgan fingerprint density at radius 1 is 1.35 bits per heavy atom. The van der Waals surface area contributed by atoms with Crippen molar-refractivity contribution in [3.63, 3.8) is 0 Å². The molecule has 0 heterocycles. The predicted molar refractivity (Wildman–Crippen MR) is 64.7 cm³/mol.